The van der Waals surface area contributed by atoms with Crippen LogP contribution in [0.2, 0.25) is 0 Å². The highest BCUT2D eigenvalue weighted by molar-refractivity contribution is 5.81. The molecule has 212 valence electrons. The molecule has 0 bridgehead atoms. The average molecular weight is 532 g/mol. The Balaban J connectivity index is 1.47. The van der Waals surface area contributed by atoms with Crippen molar-refractivity contribution in [3.63, 3.8) is 0 Å². The number of methoxy groups -OCH3 is 1. The second-order valence-corrected chi connectivity index (χ2v) is 11.4. The molecule has 2 aliphatic rings. The van der Waals surface area contributed by atoms with Crippen LogP contribution in [0.1, 0.15) is 69.8 Å². The number of hydrogen-bond donors (Lipinski definition) is 3. The van der Waals surface area contributed by atoms with Crippen LogP contribution in [-0.4, -0.2) is 68.6 Å². The van der Waals surface area contributed by atoms with Crippen molar-refractivity contribution < 1.29 is 23.4 Å². The number of likely N-dealkylation sites (N-methyl/N-ethyl adjacent to an activating group) is 1. The van der Waals surface area contributed by atoms with E-state index in [9.17, 15) is 14.3 Å². The van der Waals surface area contributed by atoms with Gasteiger partial charge in [0.05, 0.1) is 11.9 Å². The quantitative estimate of drug-likeness (QED) is 0.321. The van der Waals surface area contributed by atoms with E-state index >= 15 is 0 Å². The van der Waals surface area contributed by atoms with E-state index in [0.29, 0.717) is 51.4 Å². The molecule has 1 aliphatic carbocycles. The van der Waals surface area contributed by atoms with Crippen LogP contribution in [0.4, 0.5) is 9.18 Å². The molecule has 1 aromatic heterocycles. The molecule has 1 aliphatic heterocycles. The number of amides is 2. The highest BCUT2D eigenvalue weighted by Crippen LogP contribution is 2.42. The van der Waals surface area contributed by atoms with E-state index in [2.05, 4.69) is 10.6 Å². The third-order valence-corrected chi connectivity index (χ3v) is 8.66. The lowest BCUT2D eigenvalue weighted by Crippen LogP contribution is -2.54. The van der Waals surface area contributed by atoms with E-state index in [1.165, 1.54) is 0 Å². The van der Waals surface area contributed by atoms with Crippen molar-refractivity contribution in [2.24, 2.45) is 11.8 Å². The molecule has 1 aromatic carbocycles. The molecule has 2 amide bonds. The molecule has 0 spiro atoms. The molecular weight excluding hydrogens is 485 g/mol. The Morgan fingerprint density at radius 3 is 2.82 bits per heavy atom. The molecule has 2 heterocycles. The maximum absolute atomic E-state index is 13.6. The fraction of sp³-hybridized carbons (Fsp3) is 0.700. The Kier molecular flexibility index (Phi) is 10.4. The van der Waals surface area contributed by atoms with Crippen LogP contribution in [0.3, 0.4) is 0 Å². The summed E-state index contributed by atoms with van der Waals surface area (Å²) in [6.07, 6.45) is 8.82. The third kappa shape index (κ3) is 7.07. The Bertz CT molecular complexity index is 1010. The molecular formula is C30H46FN3O4. The van der Waals surface area contributed by atoms with Gasteiger partial charge in [-0.25, -0.2) is 9.18 Å². The second kappa shape index (κ2) is 13.8. The van der Waals surface area contributed by atoms with E-state index in [4.69, 9.17) is 9.15 Å². The molecule has 7 nitrogen and oxygen atoms in total. The molecule has 38 heavy (non-hydrogen) atoms. The van der Waals surface area contributed by atoms with Gasteiger partial charge >= 0.3 is 6.03 Å². The van der Waals surface area contributed by atoms with Crippen molar-refractivity contribution in [3.8, 4) is 0 Å². The number of alkyl halides is 1. The lowest BCUT2D eigenvalue weighted by Gasteiger charge is -2.43. The number of benzene rings is 1. The van der Waals surface area contributed by atoms with Gasteiger partial charge in [-0.15, -0.1) is 0 Å². The molecule has 1 saturated heterocycles. The van der Waals surface area contributed by atoms with Crippen LogP contribution in [0, 0.1) is 11.8 Å². The minimum Gasteiger partial charge on any atom is -0.464 e. The van der Waals surface area contributed by atoms with E-state index in [0.717, 1.165) is 61.5 Å². The van der Waals surface area contributed by atoms with Crippen LogP contribution in [0.25, 0.3) is 11.0 Å². The number of piperidine rings is 1. The standard InChI is InChI=1S/C30H46FN3O4/c1-32-20-26(19-22-10-12-25(31)13-11-22)33-29(35)34-16-6-8-24(21-34)30(36,15-3-4-17-37-2)27-9-5-7-23-14-18-38-28(23)27/h5,7,9,14,18,22,24-26,32,36H,3-4,6,8,10-13,15-17,19-21H2,1-2H3,(H,33,35)/t22?,24-,25?,26+,30+/m1/s1. The summed E-state index contributed by atoms with van der Waals surface area (Å²) in [5.41, 5.74) is 0.418. The summed E-state index contributed by atoms with van der Waals surface area (Å²) in [5, 5.41) is 19.8. The predicted octanol–water partition coefficient (Wildman–Crippen LogP) is 5.37. The fourth-order valence-corrected chi connectivity index (χ4v) is 6.55. The molecule has 0 radical (unpaired) electrons. The summed E-state index contributed by atoms with van der Waals surface area (Å²) in [6, 6.07) is 7.78. The minimum absolute atomic E-state index is 0.00108. The molecule has 2 fully saturated rings. The van der Waals surface area contributed by atoms with Gasteiger partial charge in [0.25, 0.3) is 0 Å². The van der Waals surface area contributed by atoms with Gasteiger partial charge in [0, 0.05) is 56.3 Å². The first-order valence-electron chi connectivity index (χ1n) is 14.5. The number of fused-ring (bicyclic) bond motifs is 1. The van der Waals surface area contributed by atoms with Gasteiger partial charge in [-0.2, -0.15) is 0 Å². The molecule has 4 rings (SSSR count). The first-order valence-corrected chi connectivity index (χ1v) is 14.5. The number of para-hydroxylation sites is 1. The van der Waals surface area contributed by atoms with Crippen molar-refractivity contribution in [1.29, 1.82) is 0 Å². The highest BCUT2D eigenvalue weighted by atomic mass is 19.1. The zero-order valence-corrected chi connectivity index (χ0v) is 23.1. The van der Waals surface area contributed by atoms with E-state index < -0.39 is 11.8 Å². The van der Waals surface area contributed by atoms with Crippen LogP contribution >= 0.6 is 0 Å². The molecule has 0 unspecified atom stereocenters. The number of likely N-dealkylation sites (tertiary alicyclic amines) is 1. The number of aliphatic hydroxyl groups is 1. The zero-order valence-electron chi connectivity index (χ0n) is 23.1. The molecule has 3 atom stereocenters. The minimum atomic E-state index is -1.11. The number of ether oxygens (including phenoxy) is 1. The first kappa shape index (κ1) is 28.8. The lowest BCUT2D eigenvalue weighted by atomic mass is 9.73. The van der Waals surface area contributed by atoms with E-state index in [1.807, 2.05) is 36.2 Å². The largest absolute Gasteiger partial charge is 0.464 e. The van der Waals surface area contributed by atoms with Crippen molar-refractivity contribution in [3.05, 3.63) is 36.1 Å². The Hall–Kier alpha value is -2.16. The topological polar surface area (TPSA) is 87.0 Å². The van der Waals surface area contributed by atoms with Gasteiger partial charge in [-0.1, -0.05) is 18.2 Å². The molecule has 3 N–H and O–H groups in total. The summed E-state index contributed by atoms with van der Waals surface area (Å²) < 4.78 is 24.7. The number of furan rings is 1. The number of hydrogen-bond acceptors (Lipinski definition) is 5. The van der Waals surface area contributed by atoms with Crippen LogP contribution in [0.5, 0.6) is 0 Å². The maximum Gasteiger partial charge on any atom is 0.317 e. The van der Waals surface area contributed by atoms with Gasteiger partial charge in [0.15, 0.2) is 0 Å². The summed E-state index contributed by atoms with van der Waals surface area (Å²) >= 11 is 0. The van der Waals surface area contributed by atoms with E-state index in [-0.39, 0.29) is 18.0 Å². The number of carbonyl (C=O) groups excluding carboxylic acids is 1. The van der Waals surface area contributed by atoms with Crippen LogP contribution < -0.4 is 10.6 Å². The second-order valence-electron chi connectivity index (χ2n) is 11.4. The van der Waals surface area contributed by atoms with Crippen molar-refractivity contribution in [2.45, 2.75) is 82.0 Å². The predicted molar refractivity (Wildman–Crippen MR) is 148 cm³/mol. The fourth-order valence-electron chi connectivity index (χ4n) is 6.55. The number of unbranched alkanes of at least 4 members (excludes halogenated alkanes) is 1. The average Bonchev–Trinajstić information content (AvgIpc) is 3.42. The maximum atomic E-state index is 13.6. The normalized spacial score (nSPS) is 24.7. The lowest BCUT2D eigenvalue weighted by molar-refractivity contribution is -0.0558. The first-order chi connectivity index (χ1) is 18.4. The Morgan fingerprint density at radius 1 is 1.24 bits per heavy atom. The monoisotopic (exact) mass is 531 g/mol. The van der Waals surface area contributed by atoms with Gasteiger partial charge in [0.1, 0.15) is 11.8 Å². The van der Waals surface area contributed by atoms with E-state index in [1.54, 1.807) is 13.4 Å². The van der Waals surface area contributed by atoms with Crippen LogP contribution in [0.15, 0.2) is 34.9 Å². The van der Waals surface area contributed by atoms with Gasteiger partial charge in [0.2, 0.25) is 0 Å². The Morgan fingerprint density at radius 2 is 2.05 bits per heavy atom. The molecule has 2 aromatic rings. The third-order valence-electron chi connectivity index (χ3n) is 8.66. The Labute approximate surface area is 226 Å². The number of nitrogens with zero attached hydrogens (tertiary/aromatic N) is 1. The van der Waals surface area contributed by atoms with Gasteiger partial charge in [-0.3, -0.25) is 0 Å². The number of carbonyl (C=O) groups is 1. The van der Waals surface area contributed by atoms with Crippen molar-refractivity contribution >= 4 is 17.0 Å². The van der Waals surface area contributed by atoms with Crippen molar-refractivity contribution in [1.82, 2.24) is 15.5 Å². The summed E-state index contributed by atoms with van der Waals surface area (Å²) in [5.74, 6) is 0.337. The number of rotatable bonds is 12. The smallest absolute Gasteiger partial charge is 0.317 e. The van der Waals surface area contributed by atoms with Crippen molar-refractivity contribution in [2.75, 3.05) is 40.4 Å². The summed E-state index contributed by atoms with van der Waals surface area (Å²) in [7, 11) is 3.59. The highest BCUT2D eigenvalue weighted by Gasteiger charge is 2.43. The number of urea groups is 1. The zero-order chi connectivity index (χ0) is 27.0. The summed E-state index contributed by atoms with van der Waals surface area (Å²) in [4.78, 5) is 15.3. The van der Waals surface area contributed by atoms with Gasteiger partial charge < -0.3 is 29.8 Å². The number of nitrogens with one attached hydrogen (secondary N) is 2. The number of halogens is 1. The molecule has 8 heteroatoms. The van der Waals surface area contributed by atoms with Crippen LogP contribution in [-0.2, 0) is 10.3 Å². The SMILES string of the molecule is CNC[C@H](CC1CCC(F)CC1)NC(=O)N1CCC[C@@H]([C@@](O)(CCCCOC)c2cccc3ccoc23)C1. The van der Waals surface area contributed by atoms with Gasteiger partial charge in [-0.05, 0) is 83.2 Å². The summed E-state index contributed by atoms with van der Waals surface area (Å²) in [6.45, 7) is 2.50. The molecule has 1 saturated carbocycles.